The molecule has 1 N–H and O–H groups in total. The van der Waals surface area contributed by atoms with Gasteiger partial charge in [0.25, 0.3) is 0 Å². The maximum absolute atomic E-state index is 12.7. The van der Waals surface area contributed by atoms with E-state index in [1.165, 1.54) is 6.07 Å². The van der Waals surface area contributed by atoms with E-state index < -0.39 is 17.8 Å². The average molecular weight is 386 g/mol. The van der Waals surface area contributed by atoms with E-state index in [1.807, 2.05) is 24.3 Å². The Morgan fingerprint density at radius 3 is 2.52 bits per heavy atom. The topological polar surface area (TPSA) is 29.1 Å². The fourth-order valence-electron chi connectivity index (χ4n) is 2.19. The number of rotatable bonds is 4. The van der Waals surface area contributed by atoms with Gasteiger partial charge in [0.2, 0.25) is 5.91 Å². The van der Waals surface area contributed by atoms with E-state index in [-0.39, 0.29) is 12.3 Å². The number of halogens is 4. The third-order valence-corrected chi connectivity index (χ3v) is 3.84. The molecule has 0 aliphatic carbocycles. The van der Waals surface area contributed by atoms with Crippen LogP contribution in [0.2, 0.25) is 0 Å². The quantitative estimate of drug-likeness (QED) is 0.797. The van der Waals surface area contributed by atoms with E-state index in [9.17, 15) is 18.0 Å². The zero-order valence-electron chi connectivity index (χ0n) is 12.3. The molecule has 0 aliphatic rings. The lowest BCUT2D eigenvalue weighted by atomic mass is 10.0. The normalized spacial score (nSPS) is 12.7. The van der Waals surface area contributed by atoms with Crippen LogP contribution in [0.1, 0.15) is 29.7 Å². The van der Waals surface area contributed by atoms with Gasteiger partial charge in [0, 0.05) is 4.47 Å². The van der Waals surface area contributed by atoms with Crippen LogP contribution in [0.15, 0.2) is 53.0 Å². The molecule has 0 spiro atoms. The molecular formula is C17H15BrF3NO. The molecule has 2 aromatic carbocycles. The SMILES string of the molecule is CC(NC(=O)Cc1cccc(Br)c1)c1cccc(C(F)(F)F)c1. The van der Waals surface area contributed by atoms with Gasteiger partial charge in [0.15, 0.2) is 0 Å². The Labute approximate surface area is 140 Å². The summed E-state index contributed by atoms with van der Waals surface area (Å²) in [5, 5.41) is 2.72. The number of hydrogen-bond acceptors (Lipinski definition) is 1. The molecule has 0 heterocycles. The molecule has 0 saturated heterocycles. The number of alkyl halides is 3. The fourth-order valence-corrected chi connectivity index (χ4v) is 2.64. The second-order valence-electron chi connectivity index (χ2n) is 5.22. The maximum Gasteiger partial charge on any atom is 0.416 e. The summed E-state index contributed by atoms with van der Waals surface area (Å²) >= 11 is 3.33. The lowest BCUT2D eigenvalue weighted by molar-refractivity contribution is -0.137. The van der Waals surface area contributed by atoms with Crippen molar-refractivity contribution in [1.29, 1.82) is 0 Å². The largest absolute Gasteiger partial charge is 0.416 e. The van der Waals surface area contributed by atoms with Gasteiger partial charge < -0.3 is 5.32 Å². The van der Waals surface area contributed by atoms with Crippen LogP contribution in [0.5, 0.6) is 0 Å². The third-order valence-electron chi connectivity index (χ3n) is 3.35. The zero-order valence-corrected chi connectivity index (χ0v) is 13.9. The predicted octanol–water partition coefficient (Wildman–Crippen LogP) is 4.89. The van der Waals surface area contributed by atoms with E-state index in [0.717, 1.165) is 22.2 Å². The smallest absolute Gasteiger partial charge is 0.349 e. The van der Waals surface area contributed by atoms with E-state index in [4.69, 9.17) is 0 Å². The summed E-state index contributed by atoms with van der Waals surface area (Å²) in [6, 6.07) is 11.8. The Morgan fingerprint density at radius 2 is 1.87 bits per heavy atom. The first-order chi connectivity index (χ1) is 10.8. The highest BCUT2D eigenvalue weighted by atomic mass is 79.9. The Bertz CT molecular complexity index is 700. The summed E-state index contributed by atoms with van der Waals surface area (Å²) in [6.07, 6.45) is -4.22. The van der Waals surface area contributed by atoms with Crippen molar-refractivity contribution in [3.63, 3.8) is 0 Å². The van der Waals surface area contributed by atoms with E-state index >= 15 is 0 Å². The van der Waals surface area contributed by atoms with Gasteiger partial charge >= 0.3 is 6.18 Å². The first-order valence-corrected chi connectivity index (χ1v) is 7.76. The van der Waals surface area contributed by atoms with Crippen molar-refractivity contribution < 1.29 is 18.0 Å². The minimum Gasteiger partial charge on any atom is -0.349 e. The molecule has 0 fully saturated rings. The molecule has 122 valence electrons. The van der Waals surface area contributed by atoms with Gasteiger partial charge in [-0.3, -0.25) is 4.79 Å². The summed E-state index contributed by atoms with van der Waals surface area (Å²) in [6.45, 7) is 1.66. The van der Waals surface area contributed by atoms with Crippen molar-refractivity contribution in [1.82, 2.24) is 5.32 Å². The van der Waals surface area contributed by atoms with Gasteiger partial charge in [-0.05, 0) is 42.3 Å². The summed E-state index contributed by atoms with van der Waals surface area (Å²) in [7, 11) is 0. The zero-order chi connectivity index (χ0) is 17.0. The van der Waals surface area contributed by atoms with Crippen LogP contribution >= 0.6 is 15.9 Å². The first kappa shape index (κ1) is 17.5. The number of nitrogens with one attached hydrogen (secondary N) is 1. The molecule has 2 aromatic rings. The molecule has 2 nitrogen and oxygen atoms in total. The Balaban J connectivity index is 2.04. The summed E-state index contributed by atoms with van der Waals surface area (Å²) < 4.78 is 39.1. The van der Waals surface area contributed by atoms with Crippen LogP contribution in [0.4, 0.5) is 13.2 Å². The number of carbonyl (C=O) groups excluding carboxylic acids is 1. The predicted molar refractivity (Wildman–Crippen MR) is 85.8 cm³/mol. The summed E-state index contributed by atoms with van der Waals surface area (Å²) in [4.78, 5) is 12.0. The maximum atomic E-state index is 12.7. The van der Waals surface area contributed by atoms with Gasteiger partial charge in [0.05, 0.1) is 18.0 Å². The van der Waals surface area contributed by atoms with Crippen LogP contribution in [-0.4, -0.2) is 5.91 Å². The molecule has 1 amide bonds. The Hall–Kier alpha value is -1.82. The van der Waals surface area contributed by atoms with Crippen LogP contribution in [-0.2, 0) is 17.4 Å². The third kappa shape index (κ3) is 5.10. The van der Waals surface area contributed by atoms with Crippen LogP contribution in [0.3, 0.4) is 0 Å². The van der Waals surface area contributed by atoms with Gasteiger partial charge in [-0.2, -0.15) is 13.2 Å². The average Bonchev–Trinajstić information content (AvgIpc) is 2.46. The van der Waals surface area contributed by atoms with Crippen LogP contribution < -0.4 is 5.32 Å². The van der Waals surface area contributed by atoms with Crippen molar-refractivity contribution >= 4 is 21.8 Å². The highest BCUT2D eigenvalue weighted by Crippen LogP contribution is 2.30. The molecule has 0 saturated carbocycles. The molecule has 6 heteroatoms. The van der Waals surface area contributed by atoms with Gasteiger partial charge in [-0.25, -0.2) is 0 Å². The van der Waals surface area contributed by atoms with E-state index in [0.29, 0.717) is 5.56 Å². The second-order valence-corrected chi connectivity index (χ2v) is 6.13. The van der Waals surface area contributed by atoms with Gasteiger partial charge in [-0.1, -0.05) is 40.2 Å². The lowest BCUT2D eigenvalue weighted by Gasteiger charge is -2.16. The molecule has 23 heavy (non-hydrogen) atoms. The van der Waals surface area contributed by atoms with Crippen molar-refractivity contribution in [3.8, 4) is 0 Å². The standard InChI is InChI=1S/C17H15BrF3NO/c1-11(13-5-3-6-14(10-13)17(19,20)21)22-16(23)9-12-4-2-7-15(18)8-12/h2-8,10-11H,9H2,1H3,(H,22,23). The number of hydrogen-bond donors (Lipinski definition) is 1. The van der Waals surface area contributed by atoms with Crippen LogP contribution in [0, 0.1) is 0 Å². The number of amides is 1. The number of benzene rings is 2. The van der Waals surface area contributed by atoms with Crippen molar-refractivity contribution in [3.05, 3.63) is 69.7 Å². The molecule has 0 aliphatic heterocycles. The van der Waals surface area contributed by atoms with E-state index in [2.05, 4.69) is 21.2 Å². The summed E-state index contributed by atoms with van der Waals surface area (Å²) in [5.41, 5.74) is 0.527. The first-order valence-electron chi connectivity index (χ1n) is 6.96. The fraction of sp³-hybridized carbons (Fsp3) is 0.235. The second kappa shape index (κ2) is 7.17. The molecular weight excluding hydrogens is 371 g/mol. The Morgan fingerprint density at radius 1 is 1.17 bits per heavy atom. The molecule has 0 radical (unpaired) electrons. The molecule has 2 rings (SSSR count). The molecule has 0 aromatic heterocycles. The monoisotopic (exact) mass is 385 g/mol. The lowest BCUT2D eigenvalue weighted by Crippen LogP contribution is -2.28. The van der Waals surface area contributed by atoms with Crippen LogP contribution in [0.25, 0.3) is 0 Å². The summed E-state index contributed by atoms with van der Waals surface area (Å²) in [5.74, 6) is -0.243. The van der Waals surface area contributed by atoms with Crippen molar-refractivity contribution in [2.24, 2.45) is 0 Å². The minimum atomic E-state index is -4.39. The molecule has 1 unspecified atom stereocenters. The Kier molecular flexibility index (Phi) is 5.46. The molecule has 0 bridgehead atoms. The van der Waals surface area contributed by atoms with Gasteiger partial charge in [-0.15, -0.1) is 0 Å². The van der Waals surface area contributed by atoms with Crippen molar-refractivity contribution in [2.45, 2.75) is 25.6 Å². The van der Waals surface area contributed by atoms with E-state index in [1.54, 1.807) is 13.0 Å². The number of carbonyl (C=O) groups is 1. The van der Waals surface area contributed by atoms with Crippen molar-refractivity contribution in [2.75, 3.05) is 0 Å². The minimum absolute atomic E-state index is 0.169. The molecule has 1 atom stereocenters. The highest BCUT2D eigenvalue weighted by molar-refractivity contribution is 9.10. The highest BCUT2D eigenvalue weighted by Gasteiger charge is 2.30. The van der Waals surface area contributed by atoms with Gasteiger partial charge in [0.1, 0.15) is 0 Å².